The molecule has 0 saturated carbocycles. The minimum atomic E-state index is -0.998. The van der Waals surface area contributed by atoms with Crippen molar-refractivity contribution in [2.24, 2.45) is 11.7 Å². The van der Waals surface area contributed by atoms with Crippen LogP contribution in [0.25, 0.3) is 0 Å². The Hall–Kier alpha value is -3.92. The van der Waals surface area contributed by atoms with Crippen LogP contribution in [0.4, 0.5) is 17.1 Å². The Bertz CT molecular complexity index is 1210. The van der Waals surface area contributed by atoms with Crippen molar-refractivity contribution in [2.45, 2.75) is 26.3 Å². The molecule has 1 heterocycles. The van der Waals surface area contributed by atoms with E-state index in [0.717, 1.165) is 23.6 Å². The number of aromatic nitrogens is 1. The molecule has 3 aromatic rings. The molecule has 1 unspecified atom stereocenters. The van der Waals surface area contributed by atoms with Crippen molar-refractivity contribution in [3.63, 3.8) is 0 Å². The van der Waals surface area contributed by atoms with Crippen LogP contribution in [0.15, 0.2) is 54.6 Å². The van der Waals surface area contributed by atoms with E-state index >= 15 is 0 Å². The number of anilines is 3. The number of carbonyl (C=O) groups excluding carboxylic acids is 3. The van der Waals surface area contributed by atoms with Crippen LogP contribution in [0.5, 0.6) is 0 Å². The number of primary amides is 1. The number of nitrogens with two attached hydrogens (primary N) is 2. The van der Waals surface area contributed by atoms with Gasteiger partial charge in [0.2, 0.25) is 5.91 Å². The highest BCUT2D eigenvalue weighted by molar-refractivity contribution is 7.09. The summed E-state index contributed by atoms with van der Waals surface area (Å²) in [6.07, 6.45) is 0.793. The largest absolute Gasteiger partial charge is 0.395 e. The average molecular weight is 509 g/mol. The second kappa shape index (κ2) is 11.7. The number of nitrogens with zero attached hydrogens (tertiary/aromatic N) is 3. The van der Waals surface area contributed by atoms with Crippen LogP contribution >= 0.6 is 11.5 Å². The molecule has 0 radical (unpaired) electrons. The smallest absolute Gasteiger partial charge is 0.273 e. The summed E-state index contributed by atoms with van der Waals surface area (Å²) in [5.41, 5.74) is 13.3. The van der Waals surface area contributed by atoms with Gasteiger partial charge < -0.3 is 21.7 Å². The zero-order chi connectivity index (χ0) is 26.4. The Morgan fingerprint density at radius 2 is 1.64 bits per heavy atom. The number of hydrogen-bond donors (Lipinski definition) is 3. The quantitative estimate of drug-likeness (QED) is 0.384. The summed E-state index contributed by atoms with van der Waals surface area (Å²) < 4.78 is 3.98. The third-order valence-electron chi connectivity index (χ3n) is 5.66. The van der Waals surface area contributed by atoms with E-state index in [4.69, 9.17) is 11.5 Å². The maximum atomic E-state index is 14.0. The van der Waals surface area contributed by atoms with Crippen LogP contribution < -0.4 is 26.6 Å². The van der Waals surface area contributed by atoms with Crippen LogP contribution in [0.1, 0.15) is 52.0 Å². The number of amides is 3. The second-order valence-corrected chi connectivity index (χ2v) is 9.78. The van der Waals surface area contributed by atoms with Crippen LogP contribution in [0, 0.1) is 5.92 Å². The standard InChI is InChI=1S/C26H32N6O3S/c1-16(2)14-15-29-25(34)22(17-10-12-18(13-11-17)31(3)4)32(19-8-6-5-7-9-19)26(35)23-20(27)21(24(28)33)30-36-23/h5-13,16,22H,14-15,27H2,1-4H3,(H2,28,33)(H,29,34). The van der Waals surface area contributed by atoms with Gasteiger partial charge in [-0.15, -0.1) is 0 Å². The topological polar surface area (TPSA) is 135 Å². The molecule has 5 N–H and O–H groups in total. The molecule has 0 saturated heterocycles. The van der Waals surface area contributed by atoms with Crippen molar-refractivity contribution in [1.29, 1.82) is 0 Å². The van der Waals surface area contributed by atoms with Crippen molar-refractivity contribution < 1.29 is 14.4 Å². The Morgan fingerprint density at radius 3 is 2.17 bits per heavy atom. The van der Waals surface area contributed by atoms with Gasteiger partial charge in [0.1, 0.15) is 10.9 Å². The molecular weight excluding hydrogens is 476 g/mol. The Balaban J connectivity index is 2.13. The molecule has 3 rings (SSSR count). The number of nitrogen functional groups attached to an aromatic ring is 1. The van der Waals surface area contributed by atoms with E-state index in [1.54, 1.807) is 24.3 Å². The van der Waals surface area contributed by atoms with E-state index in [9.17, 15) is 14.4 Å². The molecule has 0 bridgehead atoms. The molecule has 0 spiro atoms. The minimum Gasteiger partial charge on any atom is -0.395 e. The van der Waals surface area contributed by atoms with Gasteiger partial charge >= 0.3 is 0 Å². The molecule has 2 aromatic carbocycles. The van der Waals surface area contributed by atoms with Crippen LogP contribution in [-0.4, -0.2) is 42.7 Å². The van der Waals surface area contributed by atoms with E-state index in [-0.39, 0.29) is 22.2 Å². The second-order valence-electron chi connectivity index (χ2n) is 9.01. The molecule has 9 nitrogen and oxygen atoms in total. The monoisotopic (exact) mass is 508 g/mol. The third kappa shape index (κ3) is 6.01. The summed E-state index contributed by atoms with van der Waals surface area (Å²) in [5, 5.41) is 2.98. The third-order valence-corrected chi connectivity index (χ3v) is 6.51. The highest BCUT2D eigenvalue weighted by Crippen LogP contribution is 2.33. The average Bonchev–Trinajstić information content (AvgIpc) is 3.24. The van der Waals surface area contributed by atoms with Crippen molar-refractivity contribution in [2.75, 3.05) is 36.2 Å². The molecule has 36 heavy (non-hydrogen) atoms. The summed E-state index contributed by atoms with van der Waals surface area (Å²) in [7, 11) is 3.85. The van der Waals surface area contributed by atoms with Crippen LogP contribution in [0.2, 0.25) is 0 Å². The lowest BCUT2D eigenvalue weighted by molar-refractivity contribution is -0.122. The highest BCUT2D eigenvalue weighted by atomic mass is 32.1. The number of carbonyl (C=O) groups is 3. The molecule has 190 valence electrons. The summed E-state index contributed by atoms with van der Waals surface area (Å²) in [6, 6.07) is 15.3. The fraction of sp³-hybridized carbons (Fsp3) is 0.308. The fourth-order valence-corrected chi connectivity index (χ4v) is 4.41. The number of benzene rings is 2. The van der Waals surface area contributed by atoms with Crippen molar-refractivity contribution in [3.8, 4) is 0 Å². The maximum absolute atomic E-state index is 14.0. The predicted molar refractivity (Wildman–Crippen MR) is 144 cm³/mol. The fourth-order valence-electron chi connectivity index (χ4n) is 3.66. The SMILES string of the molecule is CC(C)CCNC(=O)C(c1ccc(N(C)C)cc1)N(C(=O)c1snc(C(N)=O)c1N)c1ccccc1. The van der Waals surface area contributed by atoms with E-state index < -0.39 is 17.9 Å². The van der Waals surface area contributed by atoms with Gasteiger partial charge in [0, 0.05) is 32.0 Å². The lowest BCUT2D eigenvalue weighted by Gasteiger charge is -2.31. The van der Waals surface area contributed by atoms with Crippen LogP contribution in [-0.2, 0) is 4.79 Å². The number of para-hydroxylation sites is 1. The molecule has 0 aliphatic carbocycles. The van der Waals surface area contributed by atoms with Crippen molar-refractivity contribution in [1.82, 2.24) is 9.69 Å². The summed E-state index contributed by atoms with van der Waals surface area (Å²) in [6.45, 7) is 4.62. The van der Waals surface area contributed by atoms with Crippen molar-refractivity contribution in [3.05, 3.63) is 70.7 Å². The molecule has 10 heteroatoms. The predicted octanol–water partition coefficient (Wildman–Crippen LogP) is 3.44. The highest BCUT2D eigenvalue weighted by Gasteiger charge is 2.36. The van der Waals surface area contributed by atoms with Crippen LogP contribution in [0.3, 0.4) is 0 Å². The lowest BCUT2D eigenvalue weighted by Crippen LogP contribution is -2.44. The summed E-state index contributed by atoms with van der Waals surface area (Å²) in [5.74, 6) is -1.30. The normalized spacial score (nSPS) is 11.7. The van der Waals surface area contributed by atoms with E-state index in [1.165, 1.54) is 4.90 Å². The summed E-state index contributed by atoms with van der Waals surface area (Å²) >= 11 is 0.783. The van der Waals surface area contributed by atoms with Crippen molar-refractivity contribution >= 4 is 46.3 Å². The Morgan fingerprint density at radius 1 is 1.00 bits per heavy atom. The molecule has 0 aliphatic heterocycles. The van der Waals surface area contributed by atoms with Gasteiger partial charge in [0.15, 0.2) is 5.69 Å². The number of nitrogens with one attached hydrogen (secondary N) is 1. The van der Waals surface area contributed by atoms with E-state index in [1.807, 2.05) is 49.3 Å². The summed E-state index contributed by atoms with van der Waals surface area (Å²) in [4.78, 5) is 42.7. The Kier molecular flexibility index (Phi) is 8.65. The molecule has 3 amide bonds. The maximum Gasteiger partial charge on any atom is 0.273 e. The first-order valence-electron chi connectivity index (χ1n) is 11.6. The zero-order valence-corrected chi connectivity index (χ0v) is 21.7. The first kappa shape index (κ1) is 26.7. The van der Waals surface area contributed by atoms with Gasteiger partial charge in [-0.05, 0) is 53.7 Å². The molecule has 0 aliphatic rings. The lowest BCUT2D eigenvalue weighted by atomic mass is 10.0. The molecule has 0 fully saturated rings. The van der Waals surface area contributed by atoms with Gasteiger partial charge in [0.05, 0.1) is 5.69 Å². The van der Waals surface area contributed by atoms with E-state index in [0.29, 0.717) is 23.7 Å². The number of rotatable bonds is 10. The van der Waals surface area contributed by atoms with Gasteiger partial charge in [-0.25, -0.2) is 0 Å². The Labute approximate surface area is 215 Å². The van der Waals surface area contributed by atoms with Gasteiger partial charge in [-0.1, -0.05) is 44.2 Å². The molecular formula is C26H32N6O3S. The van der Waals surface area contributed by atoms with E-state index in [2.05, 4.69) is 23.5 Å². The van der Waals surface area contributed by atoms with Gasteiger partial charge in [-0.2, -0.15) is 4.37 Å². The number of hydrogen-bond acceptors (Lipinski definition) is 7. The first-order chi connectivity index (χ1) is 17.1. The zero-order valence-electron chi connectivity index (χ0n) is 20.9. The van der Waals surface area contributed by atoms with Gasteiger partial charge in [0.25, 0.3) is 11.8 Å². The first-order valence-corrected chi connectivity index (χ1v) is 12.4. The molecule has 1 aromatic heterocycles. The van der Waals surface area contributed by atoms with Gasteiger partial charge in [-0.3, -0.25) is 19.3 Å². The molecule has 1 atom stereocenters. The minimum absolute atomic E-state index is 0.0394.